The van der Waals surface area contributed by atoms with Gasteiger partial charge in [-0.25, -0.2) is 4.39 Å². The number of benzene rings is 2. The molecule has 1 aromatic heterocycles. The van der Waals surface area contributed by atoms with E-state index in [0.29, 0.717) is 10.1 Å². The lowest BCUT2D eigenvalue weighted by atomic mass is 10.2. The van der Waals surface area contributed by atoms with Crippen LogP contribution in [0.1, 0.15) is 11.1 Å². The lowest BCUT2D eigenvalue weighted by Gasteiger charge is -2.04. The van der Waals surface area contributed by atoms with E-state index in [9.17, 15) is 19.7 Å². The quantitative estimate of drug-likeness (QED) is 0.626. The predicted octanol–water partition coefficient (Wildman–Crippen LogP) is 3.10. The molecular weight excluding hydrogens is 393 g/mol. The molecule has 0 unspecified atom stereocenters. The molecule has 0 saturated heterocycles. The summed E-state index contributed by atoms with van der Waals surface area (Å²) in [6.07, 6.45) is 3.68. The number of halogens is 1. The maximum Gasteiger partial charge on any atom is 0.273 e. The first-order valence-corrected chi connectivity index (χ1v) is 10.2. The second kappa shape index (κ2) is 8.26. The highest BCUT2D eigenvalue weighted by Crippen LogP contribution is 2.15. The highest BCUT2D eigenvalue weighted by molar-refractivity contribution is 7.98. The number of rotatable bonds is 3. The van der Waals surface area contributed by atoms with Gasteiger partial charge in [0.15, 0.2) is 5.57 Å². The molecule has 0 fully saturated rings. The van der Waals surface area contributed by atoms with Crippen LogP contribution in [-0.2, 0) is 0 Å². The van der Waals surface area contributed by atoms with Crippen molar-refractivity contribution in [3.05, 3.63) is 79.0 Å². The summed E-state index contributed by atoms with van der Waals surface area (Å²) in [5.41, 5.74) is 0.944. The fourth-order valence-corrected chi connectivity index (χ4v) is 4.04. The molecule has 3 aromatic rings. The van der Waals surface area contributed by atoms with Crippen molar-refractivity contribution in [3.8, 4) is 17.8 Å². The zero-order chi connectivity index (χ0) is 20.3. The van der Waals surface area contributed by atoms with E-state index in [1.165, 1.54) is 10.6 Å². The second-order valence-electron chi connectivity index (χ2n) is 5.86. The highest BCUT2D eigenvalue weighted by atomic mass is 32.2. The summed E-state index contributed by atoms with van der Waals surface area (Å²) in [7, 11) is 0. The van der Waals surface area contributed by atoms with E-state index >= 15 is 0 Å². The summed E-state index contributed by atoms with van der Waals surface area (Å²) in [6.45, 7) is 1.62. The largest absolute Gasteiger partial charge is 0.273 e. The van der Waals surface area contributed by atoms with Gasteiger partial charge in [0.25, 0.3) is 5.56 Å². The first-order valence-electron chi connectivity index (χ1n) is 8.17. The first-order chi connectivity index (χ1) is 13.5. The summed E-state index contributed by atoms with van der Waals surface area (Å²) >= 11 is 2.65. The van der Waals surface area contributed by atoms with Gasteiger partial charge in [-0.15, -0.1) is 23.1 Å². The van der Waals surface area contributed by atoms with Crippen molar-refractivity contribution in [2.24, 2.45) is 0 Å². The van der Waals surface area contributed by atoms with Gasteiger partial charge in [0.1, 0.15) is 22.6 Å². The zero-order valence-corrected chi connectivity index (χ0v) is 16.7. The topological polar surface area (TPSA) is 69.6 Å². The van der Waals surface area contributed by atoms with Gasteiger partial charge in [-0.2, -0.15) is 10.5 Å². The SMILES string of the molecule is CSc1ccc(/C=c2\sc(=C(C#N)C#N)n(-c3ccc(C)c(F)c3)c2=O)cc1. The maximum atomic E-state index is 14.1. The van der Waals surface area contributed by atoms with Crippen LogP contribution in [0.5, 0.6) is 0 Å². The first kappa shape index (κ1) is 19.6. The average molecular weight is 407 g/mol. The fraction of sp³-hybridized carbons (Fsp3) is 0.0952. The molecule has 0 aliphatic heterocycles. The Hall–Kier alpha value is -3.13. The summed E-state index contributed by atoms with van der Waals surface area (Å²) in [4.78, 5) is 14.1. The molecular formula is C21H14FN3OS2. The van der Waals surface area contributed by atoms with Gasteiger partial charge in [-0.3, -0.25) is 9.36 Å². The molecule has 0 saturated carbocycles. The highest BCUT2D eigenvalue weighted by Gasteiger charge is 2.12. The predicted molar refractivity (Wildman–Crippen MR) is 110 cm³/mol. The summed E-state index contributed by atoms with van der Waals surface area (Å²) < 4.78 is 15.8. The minimum Gasteiger partial charge on any atom is -0.267 e. The van der Waals surface area contributed by atoms with E-state index in [-0.39, 0.29) is 15.9 Å². The van der Waals surface area contributed by atoms with Gasteiger partial charge in [0, 0.05) is 4.90 Å². The van der Waals surface area contributed by atoms with Crippen molar-refractivity contribution in [1.82, 2.24) is 4.57 Å². The second-order valence-corrected chi connectivity index (χ2v) is 7.77. The van der Waals surface area contributed by atoms with Crippen molar-refractivity contribution < 1.29 is 4.39 Å². The van der Waals surface area contributed by atoms with E-state index in [2.05, 4.69) is 0 Å². The van der Waals surface area contributed by atoms with E-state index in [1.807, 2.05) is 42.7 Å². The molecule has 0 amide bonds. The van der Waals surface area contributed by atoms with Gasteiger partial charge in [0.05, 0.1) is 10.2 Å². The number of aryl methyl sites for hydroxylation is 1. The van der Waals surface area contributed by atoms with Crippen molar-refractivity contribution in [1.29, 1.82) is 10.5 Å². The lowest BCUT2D eigenvalue weighted by Crippen LogP contribution is -2.30. The third-order valence-corrected chi connectivity index (χ3v) is 5.92. The molecule has 0 radical (unpaired) electrons. The Balaban J connectivity index is 2.33. The van der Waals surface area contributed by atoms with Crippen LogP contribution in [0.4, 0.5) is 4.39 Å². The Bertz CT molecular complexity index is 1290. The van der Waals surface area contributed by atoms with E-state index in [0.717, 1.165) is 21.8 Å². The molecule has 0 bridgehead atoms. The number of thiazole rings is 1. The molecule has 1 heterocycles. The number of hydrogen-bond acceptors (Lipinski definition) is 5. The number of nitrogens with zero attached hydrogens (tertiary/aromatic N) is 3. The van der Waals surface area contributed by atoms with Crippen LogP contribution in [-0.4, -0.2) is 10.8 Å². The van der Waals surface area contributed by atoms with E-state index in [4.69, 9.17) is 0 Å². The molecule has 0 atom stereocenters. The Labute approximate surface area is 169 Å². The zero-order valence-electron chi connectivity index (χ0n) is 15.1. The van der Waals surface area contributed by atoms with Gasteiger partial charge >= 0.3 is 0 Å². The Morgan fingerprint density at radius 1 is 1.18 bits per heavy atom. The molecule has 28 heavy (non-hydrogen) atoms. The molecule has 7 heteroatoms. The van der Waals surface area contributed by atoms with E-state index in [1.54, 1.807) is 36.9 Å². The number of aromatic nitrogens is 1. The van der Waals surface area contributed by atoms with Gasteiger partial charge in [-0.05, 0) is 54.6 Å². The average Bonchev–Trinajstić information content (AvgIpc) is 3.02. The van der Waals surface area contributed by atoms with Crippen LogP contribution in [0.2, 0.25) is 0 Å². The standard InChI is InChI=1S/C21H14FN3OS2/c1-13-3-6-16(10-18(13)22)25-20(26)19(28-21(25)15(11-23)12-24)9-14-4-7-17(27-2)8-5-14/h3-10H,1-2H3/b19-9-. The Kier molecular flexibility index (Phi) is 5.79. The van der Waals surface area contributed by atoms with Crippen LogP contribution in [0, 0.1) is 35.4 Å². The van der Waals surface area contributed by atoms with Crippen LogP contribution in [0.25, 0.3) is 17.3 Å². The van der Waals surface area contributed by atoms with Crippen LogP contribution in [0.15, 0.2) is 52.2 Å². The van der Waals surface area contributed by atoms with Crippen molar-refractivity contribution in [3.63, 3.8) is 0 Å². The molecule has 0 aliphatic carbocycles. The van der Waals surface area contributed by atoms with Crippen molar-refractivity contribution >= 4 is 34.7 Å². The molecule has 0 N–H and O–H groups in total. The monoisotopic (exact) mass is 407 g/mol. The molecule has 0 aliphatic rings. The normalized spacial score (nSPS) is 11.1. The van der Waals surface area contributed by atoms with Crippen LogP contribution < -0.4 is 14.8 Å². The minimum atomic E-state index is -0.463. The van der Waals surface area contributed by atoms with Crippen LogP contribution in [0.3, 0.4) is 0 Å². The van der Waals surface area contributed by atoms with Crippen LogP contribution >= 0.6 is 23.1 Å². The third-order valence-electron chi connectivity index (χ3n) is 4.09. The molecule has 4 nitrogen and oxygen atoms in total. The Morgan fingerprint density at radius 3 is 2.43 bits per heavy atom. The number of thioether (sulfide) groups is 1. The molecule has 138 valence electrons. The smallest absolute Gasteiger partial charge is 0.267 e. The van der Waals surface area contributed by atoms with Gasteiger partial charge < -0.3 is 0 Å². The maximum absolute atomic E-state index is 14.1. The van der Waals surface area contributed by atoms with Gasteiger partial charge in [0.2, 0.25) is 0 Å². The summed E-state index contributed by atoms with van der Waals surface area (Å²) in [5, 5.41) is 18.6. The number of hydrogen-bond donors (Lipinski definition) is 0. The minimum absolute atomic E-state index is 0.185. The number of nitriles is 2. The summed E-state index contributed by atoms with van der Waals surface area (Å²) in [5.74, 6) is -0.463. The fourth-order valence-electron chi connectivity index (χ4n) is 2.58. The van der Waals surface area contributed by atoms with E-state index < -0.39 is 11.4 Å². The van der Waals surface area contributed by atoms with Crippen molar-refractivity contribution in [2.45, 2.75) is 11.8 Å². The third kappa shape index (κ3) is 3.77. The van der Waals surface area contributed by atoms with Crippen molar-refractivity contribution in [2.75, 3.05) is 6.26 Å². The molecule has 0 spiro atoms. The Morgan fingerprint density at radius 2 is 1.86 bits per heavy atom. The lowest BCUT2D eigenvalue weighted by molar-refractivity contribution is 0.617. The molecule has 2 aromatic carbocycles. The van der Waals surface area contributed by atoms with Gasteiger partial charge in [-0.1, -0.05) is 18.2 Å². The summed E-state index contributed by atoms with van der Waals surface area (Å²) in [6, 6.07) is 15.7. The molecule has 3 rings (SSSR count).